The molecule has 1 unspecified atom stereocenters. The van der Waals surface area contributed by atoms with E-state index in [1.165, 1.54) is 37.7 Å². The smallest absolute Gasteiger partial charge is 0.123 e. The van der Waals surface area contributed by atoms with Crippen molar-refractivity contribution in [3.8, 4) is 0 Å². The van der Waals surface area contributed by atoms with Crippen LogP contribution in [0.4, 0.5) is 4.39 Å². The molecule has 4 saturated carbocycles. The highest BCUT2D eigenvalue weighted by molar-refractivity contribution is 5.20. The van der Waals surface area contributed by atoms with Gasteiger partial charge in [-0.05, 0) is 79.9 Å². The second-order valence-electron chi connectivity index (χ2n) is 7.64. The van der Waals surface area contributed by atoms with Gasteiger partial charge in [0.05, 0.1) is 0 Å². The van der Waals surface area contributed by atoms with Crippen molar-refractivity contribution in [3.05, 3.63) is 35.6 Å². The first kappa shape index (κ1) is 13.8. The minimum atomic E-state index is -0.136. The van der Waals surface area contributed by atoms with Crippen molar-refractivity contribution in [3.63, 3.8) is 0 Å². The lowest BCUT2D eigenvalue weighted by atomic mass is 9.54. The third-order valence-corrected chi connectivity index (χ3v) is 6.30. The molecule has 21 heavy (non-hydrogen) atoms. The maximum absolute atomic E-state index is 13.1. The van der Waals surface area contributed by atoms with Gasteiger partial charge in [0, 0.05) is 12.1 Å². The van der Waals surface area contributed by atoms with Gasteiger partial charge in [-0.3, -0.25) is 0 Å². The first-order valence-corrected chi connectivity index (χ1v) is 8.74. The standard InChI is InChI=1S/C19H26FN/c1-2-18(14-3-5-17(20)6-4-14)21-19-15-8-12-7-13(10-15)11-16(19)9-12/h3-6,12-13,15-16,18-19,21H,2,7-11H2,1H3. The second-order valence-corrected chi connectivity index (χ2v) is 7.64. The molecule has 1 aromatic rings. The zero-order valence-electron chi connectivity index (χ0n) is 12.9. The van der Waals surface area contributed by atoms with E-state index >= 15 is 0 Å². The maximum atomic E-state index is 13.1. The normalized spacial score (nSPS) is 38.7. The molecule has 4 fully saturated rings. The van der Waals surface area contributed by atoms with Crippen molar-refractivity contribution in [2.45, 2.75) is 57.5 Å². The number of nitrogens with one attached hydrogen (secondary N) is 1. The molecule has 0 saturated heterocycles. The summed E-state index contributed by atoms with van der Waals surface area (Å²) in [4.78, 5) is 0. The van der Waals surface area contributed by atoms with Gasteiger partial charge in [0.25, 0.3) is 0 Å². The van der Waals surface area contributed by atoms with E-state index < -0.39 is 0 Å². The molecule has 4 aliphatic rings. The summed E-state index contributed by atoms with van der Waals surface area (Å²) >= 11 is 0. The molecule has 4 aliphatic carbocycles. The molecule has 0 heterocycles. The molecule has 1 N–H and O–H groups in total. The molecule has 5 rings (SSSR count). The summed E-state index contributed by atoms with van der Waals surface area (Å²) in [6.07, 6.45) is 8.38. The summed E-state index contributed by atoms with van der Waals surface area (Å²) in [5, 5.41) is 3.96. The zero-order chi connectivity index (χ0) is 14.4. The van der Waals surface area contributed by atoms with Crippen LogP contribution in [0.3, 0.4) is 0 Å². The van der Waals surface area contributed by atoms with Crippen molar-refractivity contribution in [2.75, 3.05) is 0 Å². The summed E-state index contributed by atoms with van der Waals surface area (Å²) in [5.41, 5.74) is 1.24. The first-order valence-electron chi connectivity index (χ1n) is 8.74. The van der Waals surface area contributed by atoms with Gasteiger partial charge < -0.3 is 5.32 Å². The minimum Gasteiger partial charge on any atom is -0.307 e. The van der Waals surface area contributed by atoms with Crippen LogP contribution < -0.4 is 5.32 Å². The Morgan fingerprint density at radius 1 is 1.00 bits per heavy atom. The van der Waals surface area contributed by atoms with E-state index in [-0.39, 0.29) is 5.82 Å². The van der Waals surface area contributed by atoms with E-state index in [0.29, 0.717) is 12.1 Å². The van der Waals surface area contributed by atoms with Crippen molar-refractivity contribution < 1.29 is 4.39 Å². The lowest BCUT2D eigenvalue weighted by molar-refractivity contribution is -0.0180. The van der Waals surface area contributed by atoms with E-state index in [2.05, 4.69) is 12.2 Å². The summed E-state index contributed by atoms with van der Waals surface area (Å²) in [6.45, 7) is 2.23. The molecule has 1 atom stereocenters. The number of rotatable bonds is 4. The average molecular weight is 287 g/mol. The van der Waals surface area contributed by atoms with Crippen LogP contribution in [-0.2, 0) is 0 Å². The van der Waals surface area contributed by atoms with Gasteiger partial charge >= 0.3 is 0 Å². The third kappa shape index (κ3) is 2.52. The Kier molecular flexibility index (Phi) is 3.53. The molecule has 0 aromatic heterocycles. The summed E-state index contributed by atoms with van der Waals surface area (Å²) < 4.78 is 13.1. The lowest BCUT2D eigenvalue weighted by Gasteiger charge is -2.55. The van der Waals surface area contributed by atoms with E-state index in [1.807, 2.05) is 12.1 Å². The molecule has 0 aliphatic heterocycles. The van der Waals surface area contributed by atoms with Crippen LogP contribution in [0.2, 0.25) is 0 Å². The fourth-order valence-electron chi connectivity index (χ4n) is 5.57. The predicted molar refractivity (Wildman–Crippen MR) is 83.4 cm³/mol. The van der Waals surface area contributed by atoms with E-state index in [4.69, 9.17) is 0 Å². The molecule has 4 bridgehead atoms. The number of hydrogen-bond donors (Lipinski definition) is 1. The quantitative estimate of drug-likeness (QED) is 0.847. The Bertz CT molecular complexity index is 467. The van der Waals surface area contributed by atoms with Crippen LogP contribution in [0.25, 0.3) is 0 Å². The van der Waals surface area contributed by atoms with E-state index in [0.717, 1.165) is 30.1 Å². The molecule has 2 heteroatoms. The minimum absolute atomic E-state index is 0.136. The molecular weight excluding hydrogens is 261 g/mol. The van der Waals surface area contributed by atoms with Gasteiger partial charge in [0.1, 0.15) is 5.82 Å². The molecule has 1 nitrogen and oxygen atoms in total. The second kappa shape index (κ2) is 5.39. The SMILES string of the molecule is CCC(NC1C2CC3CC(C2)CC1C3)c1ccc(F)cc1. The van der Waals surface area contributed by atoms with Gasteiger partial charge in [-0.25, -0.2) is 4.39 Å². The van der Waals surface area contributed by atoms with Gasteiger partial charge in [0.2, 0.25) is 0 Å². The molecule has 0 amide bonds. The summed E-state index contributed by atoms with van der Waals surface area (Å²) in [5.74, 6) is 3.71. The molecule has 1 aromatic carbocycles. The van der Waals surface area contributed by atoms with E-state index in [9.17, 15) is 4.39 Å². The maximum Gasteiger partial charge on any atom is 0.123 e. The summed E-state index contributed by atoms with van der Waals surface area (Å²) in [6, 6.07) is 8.17. The monoisotopic (exact) mass is 287 g/mol. The lowest BCUT2D eigenvalue weighted by Crippen LogP contribution is -2.55. The van der Waals surface area contributed by atoms with Crippen LogP contribution in [0.5, 0.6) is 0 Å². The largest absolute Gasteiger partial charge is 0.307 e. The van der Waals surface area contributed by atoms with Crippen molar-refractivity contribution in [1.29, 1.82) is 0 Å². The fraction of sp³-hybridized carbons (Fsp3) is 0.684. The van der Waals surface area contributed by atoms with Crippen LogP contribution >= 0.6 is 0 Å². The van der Waals surface area contributed by atoms with Crippen LogP contribution in [0.15, 0.2) is 24.3 Å². The first-order chi connectivity index (χ1) is 10.2. The molecule has 0 radical (unpaired) electrons. The highest BCUT2D eigenvalue weighted by Gasteiger charge is 2.48. The van der Waals surface area contributed by atoms with Crippen LogP contribution in [-0.4, -0.2) is 6.04 Å². The van der Waals surface area contributed by atoms with Crippen LogP contribution in [0, 0.1) is 29.5 Å². The van der Waals surface area contributed by atoms with Crippen LogP contribution in [0.1, 0.15) is 57.1 Å². The molecular formula is C19H26FN. The highest BCUT2D eigenvalue weighted by atomic mass is 19.1. The number of benzene rings is 1. The van der Waals surface area contributed by atoms with Gasteiger partial charge in [-0.15, -0.1) is 0 Å². The molecule has 0 spiro atoms. The van der Waals surface area contributed by atoms with Gasteiger partial charge in [-0.2, -0.15) is 0 Å². The van der Waals surface area contributed by atoms with Gasteiger partial charge in [0.15, 0.2) is 0 Å². The Hall–Kier alpha value is -0.890. The highest BCUT2D eigenvalue weighted by Crippen LogP contribution is 2.54. The van der Waals surface area contributed by atoms with Crippen molar-refractivity contribution in [2.24, 2.45) is 23.7 Å². The topological polar surface area (TPSA) is 12.0 Å². The molecule has 114 valence electrons. The number of hydrogen-bond acceptors (Lipinski definition) is 1. The Labute approximate surface area is 127 Å². The Morgan fingerprint density at radius 2 is 1.57 bits per heavy atom. The summed E-state index contributed by atoms with van der Waals surface area (Å²) in [7, 11) is 0. The average Bonchev–Trinajstić information content (AvgIpc) is 2.47. The zero-order valence-corrected chi connectivity index (χ0v) is 12.9. The number of halogens is 1. The Morgan fingerprint density at radius 3 is 2.10 bits per heavy atom. The van der Waals surface area contributed by atoms with E-state index in [1.54, 1.807) is 12.1 Å². The van der Waals surface area contributed by atoms with Gasteiger partial charge in [-0.1, -0.05) is 19.1 Å². The fourth-order valence-corrected chi connectivity index (χ4v) is 5.57. The predicted octanol–water partition coefficient (Wildman–Crippen LogP) is 4.69. The van der Waals surface area contributed by atoms with Crippen molar-refractivity contribution >= 4 is 0 Å². The Balaban J connectivity index is 1.50. The third-order valence-electron chi connectivity index (χ3n) is 6.30. The van der Waals surface area contributed by atoms with Crippen molar-refractivity contribution in [1.82, 2.24) is 5.32 Å².